The van der Waals surface area contributed by atoms with Gasteiger partial charge in [0.1, 0.15) is 11.5 Å². The number of hydrogen-bond acceptors (Lipinski definition) is 4. The molecular weight excluding hydrogens is 206 g/mol. The first-order valence-corrected chi connectivity index (χ1v) is 5.20. The topological polar surface area (TPSA) is 64.7 Å². The summed E-state index contributed by atoms with van der Waals surface area (Å²) in [5.41, 5.74) is 5.22. The fourth-order valence-electron chi connectivity index (χ4n) is 1.66. The minimum Gasteiger partial charge on any atom is -0.497 e. The molecule has 0 fully saturated rings. The van der Waals surface area contributed by atoms with Crippen LogP contribution < -0.4 is 15.2 Å². The number of ether oxygens (including phenoxy) is 2. The predicted octanol–water partition coefficient (Wildman–Crippen LogP) is 1.26. The zero-order chi connectivity index (χ0) is 12.2. The molecule has 4 heteroatoms. The summed E-state index contributed by atoms with van der Waals surface area (Å²) in [5, 5.41) is 10.3. The number of benzene rings is 1. The highest BCUT2D eigenvalue weighted by molar-refractivity contribution is 5.43. The van der Waals surface area contributed by atoms with E-state index in [9.17, 15) is 5.11 Å². The Kier molecular flexibility index (Phi) is 4.15. The molecule has 0 saturated carbocycles. The van der Waals surface area contributed by atoms with Gasteiger partial charge in [-0.05, 0) is 32.0 Å². The minimum atomic E-state index is -0.980. The first-order chi connectivity index (χ1) is 7.55. The molecule has 0 aliphatic heterocycles. The van der Waals surface area contributed by atoms with Gasteiger partial charge in [0.2, 0.25) is 0 Å². The van der Waals surface area contributed by atoms with Crippen LogP contribution in [-0.4, -0.2) is 25.9 Å². The summed E-state index contributed by atoms with van der Waals surface area (Å²) in [6, 6.07) is 5.34. The first kappa shape index (κ1) is 12.8. The van der Waals surface area contributed by atoms with Gasteiger partial charge in [-0.15, -0.1) is 0 Å². The van der Waals surface area contributed by atoms with E-state index in [1.54, 1.807) is 39.3 Å². The van der Waals surface area contributed by atoms with Crippen LogP contribution in [-0.2, 0) is 5.60 Å². The molecule has 0 aliphatic carbocycles. The molecule has 1 aromatic rings. The SMILES string of the molecule is COc1ccc(C(C)(O)CCN)c(OC)c1. The number of nitrogens with two attached hydrogens (primary N) is 1. The van der Waals surface area contributed by atoms with Gasteiger partial charge >= 0.3 is 0 Å². The maximum absolute atomic E-state index is 10.3. The average molecular weight is 225 g/mol. The molecule has 0 saturated heterocycles. The third-order valence-electron chi connectivity index (χ3n) is 2.62. The van der Waals surface area contributed by atoms with Gasteiger partial charge in [-0.25, -0.2) is 0 Å². The Balaban J connectivity index is 3.12. The van der Waals surface area contributed by atoms with Gasteiger partial charge in [-0.2, -0.15) is 0 Å². The number of methoxy groups -OCH3 is 2. The van der Waals surface area contributed by atoms with E-state index >= 15 is 0 Å². The van der Waals surface area contributed by atoms with Crippen molar-refractivity contribution in [2.24, 2.45) is 5.73 Å². The summed E-state index contributed by atoms with van der Waals surface area (Å²) >= 11 is 0. The van der Waals surface area contributed by atoms with Crippen molar-refractivity contribution in [3.8, 4) is 11.5 Å². The van der Waals surface area contributed by atoms with Gasteiger partial charge in [0.15, 0.2) is 0 Å². The monoisotopic (exact) mass is 225 g/mol. The van der Waals surface area contributed by atoms with Crippen molar-refractivity contribution in [2.75, 3.05) is 20.8 Å². The molecule has 0 spiro atoms. The van der Waals surface area contributed by atoms with Crippen LogP contribution in [0.5, 0.6) is 11.5 Å². The second kappa shape index (κ2) is 5.18. The van der Waals surface area contributed by atoms with Crippen molar-refractivity contribution < 1.29 is 14.6 Å². The Morgan fingerprint density at radius 3 is 2.50 bits per heavy atom. The Morgan fingerprint density at radius 2 is 2.00 bits per heavy atom. The zero-order valence-corrected chi connectivity index (χ0v) is 9.99. The second-order valence-electron chi connectivity index (χ2n) is 3.88. The molecule has 90 valence electrons. The van der Waals surface area contributed by atoms with Gasteiger partial charge in [-0.1, -0.05) is 0 Å². The number of hydrogen-bond donors (Lipinski definition) is 2. The van der Waals surface area contributed by atoms with Crippen LogP contribution in [0, 0.1) is 0 Å². The molecular formula is C12H19NO3. The van der Waals surface area contributed by atoms with Crippen LogP contribution in [0.25, 0.3) is 0 Å². The lowest BCUT2D eigenvalue weighted by atomic mass is 9.91. The summed E-state index contributed by atoms with van der Waals surface area (Å²) in [4.78, 5) is 0. The molecule has 1 atom stereocenters. The minimum absolute atomic E-state index is 0.419. The molecule has 16 heavy (non-hydrogen) atoms. The maximum Gasteiger partial charge on any atom is 0.128 e. The highest BCUT2D eigenvalue weighted by Gasteiger charge is 2.26. The van der Waals surface area contributed by atoms with Crippen molar-refractivity contribution in [3.63, 3.8) is 0 Å². The summed E-state index contributed by atoms with van der Waals surface area (Å²) in [7, 11) is 3.16. The Hall–Kier alpha value is -1.26. The highest BCUT2D eigenvalue weighted by atomic mass is 16.5. The standard InChI is InChI=1S/C12H19NO3/c1-12(14,6-7-13)10-5-4-9(15-2)8-11(10)16-3/h4-5,8,14H,6-7,13H2,1-3H3. The largest absolute Gasteiger partial charge is 0.497 e. The lowest BCUT2D eigenvalue weighted by Gasteiger charge is -2.25. The van der Waals surface area contributed by atoms with E-state index < -0.39 is 5.60 Å². The maximum atomic E-state index is 10.3. The fourth-order valence-corrected chi connectivity index (χ4v) is 1.66. The molecule has 4 nitrogen and oxygen atoms in total. The smallest absolute Gasteiger partial charge is 0.128 e. The van der Waals surface area contributed by atoms with Crippen LogP contribution in [0.2, 0.25) is 0 Å². The number of rotatable bonds is 5. The average Bonchev–Trinajstić information content (AvgIpc) is 2.28. The molecule has 0 aromatic heterocycles. The van der Waals surface area contributed by atoms with E-state index in [1.807, 2.05) is 0 Å². The normalized spacial score (nSPS) is 14.3. The second-order valence-corrected chi connectivity index (χ2v) is 3.88. The van der Waals surface area contributed by atoms with Gasteiger partial charge in [-0.3, -0.25) is 0 Å². The van der Waals surface area contributed by atoms with E-state index in [1.165, 1.54) is 0 Å². The van der Waals surface area contributed by atoms with E-state index in [4.69, 9.17) is 15.2 Å². The van der Waals surface area contributed by atoms with Crippen molar-refractivity contribution in [1.29, 1.82) is 0 Å². The molecule has 0 bridgehead atoms. The van der Waals surface area contributed by atoms with Gasteiger partial charge in [0.05, 0.1) is 19.8 Å². The molecule has 1 unspecified atom stereocenters. The van der Waals surface area contributed by atoms with E-state index in [0.29, 0.717) is 24.5 Å². The summed E-state index contributed by atoms with van der Waals surface area (Å²) in [5.74, 6) is 1.31. The van der Waals surface area contributed by atoms with Crippen molar-refractivity contribution >= 4 is 0 Å². The summed E-state index contributed by atoms with van der Waals surface area (Å²) in [6.07, 6.45) is 0.482. The quantitative estimate of drug-likeness (QED) is 0.791. The highest BCUT2D eigenvalue weighted by Crippen LogP contribution is 2.34. The first-order valence-electron chi connectivity index (χ1n) is 5.20. The van der Waals surface area contributed by atoms with Crippen LogP contribution in [0.3, 0.4) is 0 Å². The Bertz CT molecular complexity index is 350. The van der Waals surface area contributed by atoms with Gasteiger partial charge in [0.25, 0.3) is 0 Å². The van der Waals surface area contributed by atoms with Crippen molar-refractivity contribution in [1.82, 2.24) is 0 Å². The Labute approximate surface area is 96.0 Å². The predicted molar refractivity (Wildman–Crippen MR) is 62.8 cm³/mol. The van der Waals surface area contributed by atoms with Crippen molar-refractivity contribution in [3.05, 3.63) is 23.8 Å². The molecule has 0 heterocycles. The van der Waals surface area contributed by atoms with Crippen LogP contribution in [0.4, 0.5) is 0 Å². The summed E-state index contributed by atoms with van der Waals surface area (Å²) in [6.45, 7) is 2.15. The lowest BCUT2D eigenvalue weighted by Crippen LogP contribution is -2.25. The summed E-state index contributed by atoms with van der Waals surface area (Å²) < 4.78 is 10.3. The van der Waals surface area contributed by atoms with E-state index in [0.717, 1.165) is 5.56 Å². The van der Waals surface area contributed by atoms with Crippen molar-refractivity contribution in [2.45, 2.75) is 18.9 Å². The Morgan fingerprint density at radius 1 is 1.31 bits per heavy atom. The molecule has 0 aliphatic rings. The zero-order valence-electron chi connectivity index (χ0n) is 9.99. The molecule has 0 amide bonds. The fraction of sp³-hybridized carbons (Fsp3) is 0.500. The van der Waals surface area contributed by atoms with E-state index in [-0.39, 0.29) is 0 Å². The van der Waals surface area contributed by atoms with Crippen LogP contribution >= 0.6 is 0 Å². The molecule has 3 N–H and O–H groups in total. The molecule has 1 rings (SSSR count). The van der Waals surface area contributed by atoms with E-state index in [2.05, 4.69) is 0 Å². The third kappa shape index (κ3) is 2.65. The van der Waals surface area contributed by atoms with Gasteiger partial charge < -0.3 is 20.3 Å². The van der Waals surface area contributed by atoms with Crippen LogP contribution in [0.15, 0.2) is 18.2 Å². The van der Waals surface area contributed by atoms with Gasteiger partial charge in [0, 0.05) is 11.6 Å². The molecule has 0 radical (unpaired) electrons. The molecule has 1 aromatic carbocycles. The lowest BCUT2D eigenvalue weighted by molar-refractivity contribution is 0.0478. The third-order valence-corrected chi connectivity index (χ3v) is 2.62. The number of aliphatic hydroxyl groups is 1. The van der Waals surface area contributed by atoms with Crippen LogP contribution in [0.1, 0.15) is 18.9 Å².